The number of benzene rings is 2. The topological polar surface area (TPSA) is 106 Å². The van der Waals surface area contributed by atoms with Crippen LogP contribution >= 0.6 is 0 Å². The standard InChI is InChI=1S/C22H19FN4O3/c1-12-19-20(16(10-24)21(25)30-22(19)27-26-12)14-6-7-17(18(9-14)28-2)29-11-13-4-3-5-15(23)8-13/h3-9,20H,11,25H2,1-2H3,(H,26,27)/t20-/m0/s1. The highest BCUT2D eigenvalue weighted by molar-refractivity contribution is 5.57. The Morgan fingerprint density at radius 1 is 1.27 bits per heavy atom. The number of nitriles is 1. The molecule has 8 heteroatoms. The summed E-state index contributed by atoms with van der Waals surface area (Å²) in [5.74, 6) is 0.568. The van der Waals surface area contributed by atoms with Crippen molar-refractivity contribution in [2.45, 2.75) is 19.4 Å². The normalized spacial score (nSPS) is 15.2. The molecule has 3 aromatic rings. The zero-order chi connectivity index (χ0) is 21.3. The van der Waals surface area contributed by atoms with Gasteiger partial charge in [-0.15, -0.1) is 5.10 Å². The minimum atomic E-state index is -0.455. The van der Waals surface area contributed by atoms with E-state index in [1.165, 1.54) is 19.2 Å². The number of aryl methyl sites for hydroxylation is 1. The molecule has 4 rings (SSSR count). The fourth-order valence-electron chi connectivity index (χ4n) is 3.50. The summed E-state index contributed by atoms with van der Waals surface area (Å²) < 4.78 is 30.2. The molecule has 0 radical (unpaired) electrons. The number of methoxy groups -OCH3 is 1. The number of halogens is 1. The molecule has 0 spiro atoms. The average Bonchev–Trinajstić information content (AvgIpc) is 3.11. The highest BCUT2D eigenvalue weighted by Gasteiger charge is 2.34. The van der Waals surface area contributed by atoms with Crippen molar-refractivity contribution in [3.8, 4) is 23.4 Å². The zero-order valence-corrected chi connectivity index (χ0v) is 16.4. The largest absolute Gasteiger partial charge is 0.493 e. The minimum Gasteiger partial charge on any atom is -0.493 e. The lowest BCUT2D eigenvalue weighted by Crippen LogP contribution is -2.21. The number of hydrogen-bond donors (Lipinski definition) is 2. The molecular formula is C22H19FN4O3. The van der Waals surface area contributed by atoms with Gasteiger partial charge in [0.25, 0.3) is 0 Å². The van der Waals surface area contributed by atoms with E-state index in [9.17, 15) is 9.65 Å². The Morgan fingerprint density at radius 3 is 2.83 bits per heavy atom. The van der Waals surface area contributed by atoms with E-state index in [0.717, 1.165) is 16.8 Å². The number of hydrogen-bond acceptors (Lipinski definition) is 6. The maximum absolute atomic E-state index is 13.4. The Hall–Kier alpha value is -3.99. The molecular weight excluding hydrogens is 387 g/mol. The van der Waals surface area contributed by atoms with Crippen LogP contribution in [0, 0.1) is 24.1 Å². The van der Waals surface area contributed by atoms with Crippen LogP contribution in [0.4, 0.5) is 4.39 Å². The maximum atomic E-state index is 13.4. The maximum Gasteiger partial charge on any atom is 0.244 e. The number of ether oxygens (including phenoxy) is 3. The highest BCUT2D eigenvalue weighted by Crippen LogP contribution is 2.44. The van der Waals surface area contributed by atoms with Gasteiger partial charge in [-0.25, -0.2) is 4.39 Å². The summed E-state index contributed by atoms with van der Waals surface area (Å²) in [4.78, 5) is 0. The van der Waals surface area contributed by atoms with Gasteiger partial charge in [0.2, 0.25) is 11.8 Å². The summed E-state index contributed by atoms with van der Waals surface area (Å²) in [5, 5.41) is 16.7. The number of aromatic amines is 1. The molecule has 7 nitrogen and oxygen atoms in total. The van der Waals surface area contributed by atoms with Crippen molar-refractivity contribution in [3.63, 3.8) is 0 Å². The van der Waals surface area contributed by atoms with Gasteiger partial charge in [0.1, 0.15) is 24.1 Å². The van der Waals surface area contributed by atoms with E-state index in [-0.39, 0.29) is 18.3 Å². The van der Waals surface area contributed by atoms with Gasteiger partial charge in [-0.05, 0) is 42.3 Å². The van der Waals surface area contributed by atoms with Crippen molar-refractivity contribution in [3.05, 3.63) is 82.1 Å². The molecule has 0 fully saturated rings. The Balaban J connectivity index is 1.69. The van der Waals surface area contributed by atoms with E-state index in [1.54, 1.807) is 24.3 Å². The Bertz CT molecular complexity index is 1180. The highest BCUT2D eigenvalue weighted by atomic mass is 19.1. The van der Waals surface area contributed by atoms with Crippen LogP contribution in [0.3, 0.4) is 0 Å². The molecule has 152 valence electrons. The summed E-state index contributed by atoms with van der Waals surface area (Å²) in [6.07, 6.45) is 0. The number of nitrogens with one attached hydrogen (secondary N) is 1. The van der Waals surface area contributed by atoms with Crippen LogP contribution in [0.25, 0.3) is 0 Å². The molecule has 0 saturated carbocycles. The van der Waals surface area contributed by atoms with Gasteiger partial charge in [-0.3, -0.25) is 5.10 Å². The van der Waals surface area contributed by atoms with Gasteiger partial charge in [-0.2, -0.15) is 5.26 Å². The Labute approximate surface area is 172 Å². The number of H-pyrrole nitrogens is 1. The van der Waals surface area contributed by atoms with Crippen LogP contribution in [0.2, 0.25) is 0 Å². The van der Waals surface area contributed by atoms with Crippen molar-refractivity contribution in [1.82, 2.24) is 10.2 Å². The van der Waals surface area contributed by atoms with Crippen molar-refractivity contribution >= 4 is 0 Å². The first kappa shape index (κ1) is 19.3. The molecule has 0 saturated heterocycles. The van der Waals surface area contributed by atoms with Crippen LogP contribution in [-0.4, -0.2) is 17.3 Å². The first-order valence-corrected chi connectivity index (χ1v) is 9.19. The predicted molar refractivity (Wildman–Crippen MR) is 106 cm³/mol. The number of aromatic nitrogens is 2. The smallest absolute Gasteiger partial charge is 0.244 e. The summed E-state index contributed by atoms with van der Waals surface area (Å²) in [7, 11) is 1.53. The van der Waals surface area contributed by atoms with Crippen molar-refractivity contribution < 1.29 is 18.6 Å². The molecule has 2 heterocycles. The van der Waals surface area contributed by atoms with Gasteiger partial charge in [0, 0.05) is 11.3 Å². The van der Waals surface area contributed by atoms with E-state index in [4.69, 9.17) is 19.9 Å². The monoisotopic (exact) mass is 406 g/mol. The van der Waals surface area contributed by atoms with Crippen LogP contribution in [0.15, 0.2) is 53.9 Å². The van der Waals surface area contributed by atoms with E-state index in [0.29, 0.717) is 28.5 Å². The van der Waals surface area contributed by atoms with E-state index in [1.807, 2.05) is 13.0 Å². The molecule has 1 atom stereocenters. The van der Waals surface area contributed by atoms with Gasteiger partial charge < -0.3 is 19.9 Å². The number of fused-ring (bicyclic) bond motifs is 1. The summed E-state index contributed by atoms with van der Waals surface area (Å²) >= 11 is 0. The SMILES string of the molecule is COc1cc([C@H]2C(C#N)=C(N)Oc3n[nH]c(C)c32)ccc1OCc1cccc(F)c1. The summed E-state index contributed by atoms with van der Waals surface area (Å²) in [6.45, 7) is 2.04. The molecule has 3 N–H and O–H groups in total. The molecule has 0 unspecified atom stereocenters. The lowest BCUT2D eigenvalue weighted by Gasteiger charge is -2.24. The molecule has 2 aromatic carbocycles. The van der Waals surface area contributed by atoms with Crippen molar-refractivity contribution in [2.24, 2.45) is 5.73 Å². The summed E-state index contributed by atoms with van der Waals surface area (Å²) in [5.41, 5.74) is 9.26. The van der Waals surface area contributed by atoms with Crippen LogP contribution in [0.1, 0.15) is 28.3 Å². The Morgan fingerprint density at radius 2 is 2.10 bits per heavy atom. The number of rotatable bonds is 5. The van der Waals surface area contributed by atoms with Crippen LogP contribution in [-0.2, 0) is 6.61 Å². The summed E-state index contributed by atoms with van der Waals surface area (Å²) in [6, 6.07) is 13.7. The van der Waals surface area contributed by atoms with Crippen LogP contribution in [0.5, 0.6) is 17.4 Å². The molecule has 1 aliphatic rings. The lowest BCUT2D eigenvalue weighted by atomic mass is 9.84. The molecule has 30 heavy (non-hydrogen) atoms. The molecule has 0 amide bonds. The number of nitrogens with two attached hydrogens (primary N) is 1. The quantitative estimate of drug-likeness (QED) is 0.670. The predicted octanol–water partition coefficient (Wildman–Crippen LogP) is 3.66. The third kappa shape index (κ3) is 3.42. The average molecular weight is 406 g/mol. The molecule has 0 aliphatic carbocycles. The van der Waals surface area contributed by atoms with Gasteiger partial charge in [0.05, 0.1) is 13.0 Å². The van der Waals surface area contributed by atoms with E-state index < -0.39 is 5.92 Å². The third-order valence-corrected chi connectivity index (χ3v) is 4.93. The number of nitrogens with zero attached hydrogens (tertiary/aromatic N) is 2. The second kappa shape index (κ2) is 7.79. The number of allylic oxidation sites excluding steroid dienone is 1. The second-order valence-electron chi connectivity index (χ2n) is 6.82. The first-order valence-electron chi connectivity index (χ1n) is 9.19. The van der Waals surface area contributed by atoms with Crippen molar-refractivity contribution in [2.75, 3.05) is 7.11 Å². The fourth-order valence-corrected chi connectivity index (χ4v) is 3.50. The lowest BCUT2D eigenvalue weighted by molar-refractivity contribution is 0.284. The van der Waals surface area contributed by atoms with Gasteiger partial charge >= 0.3 is 0 Å². The fraction of sp³-hybridized carbons (Fsp3) is 0.182. The second-order valence-corrected chi connectivity index (χ2v) is 6.82. The first-order chi connectivity index (χ1) is 14.5. The molecule has 1 aromatic heterocycles. The van der Waals surface area contributed by atoms with Gasteiger partial charge in [-0.1, -0.05) is 18.2 Å². The van der Waals surface area contributed by atoms with E-state index in [2.05, 4.69) is 16.3 Å². The third-order valence-electron chi connectivity index (χ3n) is 4.93. The zero-order valence-electron chi connectivity index (χ0n) is 16.4. The molecule has 0 bridgehead atoms. The van der Waals surface area contributed by atoms with Gasteiger partial charge in [0.15, 0.2) is 11.5 Å². The van der Waals surface area contributed by atoms with Crippen LogP contribution < -0.4 is 19.9 Å². The Kier molecular flexibility index (Phi) is 5.02. The minimum absolute atomic E-state index is 0.0203. The molecule has 1 aliphatic heterocycles. The van der Waals surface area contributed by atoms with Crippen molar-refractivity contribution in [1.29, 1.82) is 5.26 Å². The van der Waals surface area contributed by atoms with E-state index >= 15 is 0 Å².